The summed E-state index contributed by atoms with van der Waals surface area (Å²) in [5, 5.41) is 2.89. The molecule has 0 radical (unpaired) electrons. The summed E-state index contributed by atoms with van der Waals surface area (Å²) in [7, 11) is 1.37. The highest BCUT2D eigenvalue weighted by Crippen LogP contribution is 2.29. The molecule has 0 aromatic carbocycles. The first kappa shape index (κ1) is 14.6. The highest BCUT2D eigenvalue weighted by Gasteiger charge is 2.41. The first-order valence-corrected chi connectivity index (χ1v) is 7.08. The van der Waals surface area contributed by atoms with Crippen molar-refractivity contribution in [3.05, 3.63) is 24.2 Å². The van der Waals surface area contributed by atoms with Crippen molar-refractivity contribution in [1.82, 2.24) is 5.32 Å². The van der Waals surface area contributed by atoms with E-state index in [2.05, 4.69) is 5.32 Å². The molecular formula is C15H21NO4. The Bertz CT molecular complexity index is 446. The number of hydrogen-bond donors (Lipinski definition) is 1. The van der Waals surface area contributed by atoms with E-state index in [0.29, 0.717) is 25.7 Å². The first-order chi connectivity index (χ1) is 9.66. The molecule has 0 unspecified atom stereocenters. The van der Waals surface area contributed by atoms with Crippen LogP contribution in [0, 0.1) is 0 Å². The van der Waals surface area contributed by atoms with Crippen molar-refractivity contribution in [2.75, 3.05) is 7.11 Å². The Balaban J connectivity index is 1.93. The molecule has 1 amide bonds. The van der Waals surface area contributed by atoms with Crippen molar-refractivity contribution >= 4 is 11.9 Å². The molecule has 0 aliphatic heterocycles. The Kier molecular flexibility index (Phi) is 4.82. The second-order valence-corrected chi connectivity index (χ2v) is 5.26. The normalized spacial score (nSPS) is 17.4. The highest BCUT2D eigenvalue weighted by molar-refractivity contribution is 5.88. The van der Waals surface area contributed by atoms with Crippen LogP contribution in [-0.2, 0) is 20.7 Å². The second kappa shape index (κ2) is 6.59. The van der Waals surface area contributed by atoms with Gasteiger partial charge >= 0.3 is 5.97 Å². The van der Waals surface area contributed by atoms with Gasteiger partial charge in [0.25, 0.3) is 0 Å². The van der Waals surface area contributed by atoms with Crippen LogP contribution in [0.1, 0.15) is 44.3 Å². The Morgan fingerprint density at radius 1 is 1.35 bits per heavy atom. The quantitative estimate of drug-likeness (QED) is 0.839. The molecule has 1 aliphatic carbocycles. The summed E-state index contributed by atoms with van der Waals surface area (Å²) in [6.45, 7) is 0. The summed E-state index contributed by atoms with van der Waals surface area (Å²) in [5.41, 5.74) is -0.826. The van der Waals surface area contributed by atoms with Crippen molar-refractivity contribution in [3.8, 4) is 0 Å². The lowest BCUT2D eigenvalue weighted by Gasteiger charge is -2.35. The van der Waals surface area contributed by atoms with E-state index in [0.717, 1.165) is 25.0 Å². The third-order valence-electron chi connectivity index (χ3n) is 3.84. The van der Waals surface area contributed by atoms with Gasteiger partial charge in [-0.05, 0) is 25.0 Å². The number of nitrogens with one attached hydrogen (secondary N) is 1. The number of amides is 1. The topological polar surface area (TPSA) is 68.5 Å². The van der Waals surface area contributed by atoms with Gasteiger partial charge in [-0.2, -0.15) is 0 Å². The fourth-order valence-electron chi connectivity index (χ4n) is 2.75. The van der Waals surface area contributed by atoms with Crippen LogP contribution in [0.15, 0.2) is 22.8 Å². The molecule has 20 heavy (non-hydrogen) atoms. The van der Waals surface area contributed by atoms with Crippen molar-refractivity contribution < 1.29 is 18.7 Å². The van der Waals surface area contributed by atoms with E-state index in [1.54, 1.807) is 12.3 Å². The zero-order chi connectivity index (χ0) is 14.4. The number of ether oxygens (including phenoxy) is 1. The average Bonchev–Trinajstić information content (AvgIpc) is 2.98. The van der Waals surface area contributed by atoms with Gasteiger partial charge < -0.3 is 14.5 Å². The predicted molar refractivity (Wildman–Crippen MR) is 73.0 cm³/mol. The summed E-state index contributed by atoms with van der Waals surface area (Å²) in [5.74, 6) is 0.313. The van der Waals surface area contributed by atoms with Crippen LogP contribution in [0.3, 0.4) is 0 Å². The third-order valence-corrected chi connectivity index (χ3v) is 3.84. The summed E-state index contributed by atoms with van der Waals surface area (Å²) in [6.07, 6.45) is 6.73. The van der Waals surface area contributed by atoms with Crippen molar-refractivity contribution in [2.45, 2.75) is 50.5 Å². The van der Waals surface area contributed by atoms with Gasteiger partial charge in [0, 0.05) is 12.8 Å². The average molecular weight is 279 g/mol. The lowest BCUT2D eigenvalue weighted by Crippen LogP contribution is -2.56. The van der Waals surface area contributed by atoms with E-state index in [1.807, 2.05) is 6.07 Å². The van der Waals surface area contributed by atoms with Gasteiger partial charge in [-0.15, -0.1) is 0 Å². The SMILES string of the molecule is COC(=O)C1(NC(=O)CCc2ccco2)CCCCC1. The molecule has 2 rings (SSSR count). The molecule has 1 saturated carbocycles. The molecule has 1 aromatic heterocycles. The number of aryl methyl sites for hydroxylation is 1. The standard InChI is InChI=1S/C15H21NO4/c1-19-14(18)15(9-3-2-4-10-15)16-13(17)8-7-12-6-5-11-20-12/h5-6,11H,2-4,7-10H2,1H3,(H,16,17). The summed E-state index contributed by atoms with van der Waals surface area (Å²) in [4.78, 5) is 24.1. The maximum absolute atomic E-state index is 12.1. The predicted octanol–water partition coefficient (Wildman–Crippen LogP) is 2.20. The molecular weight excluding hydrogens is 258 g/mol. The zero-order valence-corrected chi connectivity index (χ0v) is 11.8. The largest absolute Gasteiger partial charge is 0.469 e. The van der Waals surface area contributed by atoms with E-state index in [1.165, 1.54) is 7.11 Å². The molecule has 5 heteroatoms. The Morgan fingerprint density at radius 3 is 2.70 bits per heavy atom. The Labute approximate surface area is 118 Å². The van der Waals surface area contributed by atoms with E-state index in [9.17, 15) is 9.59 Å². The highest BCUT2D eigenvalue weighted by atomic mass is 16.5. The van der Waals surface area contributed by atoms with Crippen LogP contribution in [-0.4, -0.2) is 24.5 Å². The minimum absolute atomic E-state index is 0.131. The number of esters is 1. The number of rotatable bonds is 5. The monoisotopic (exact) mass is 279 g/mol. The first-order valence-electron chi connectivity index (χ1n) is 7.08. The molecule has 0 saturated heterocycles. The van der Waals surface area contributed by atoms with Gasteiger partial charge in [-0.3, -0.25) is 4.79 Å². The maximum atomic E-state index is 12.1. The molecule has 1 aromatic rings. The fraction of sp³-hybridized carbons (Fsp3) is 0.600. The Hall–Kier alpha value is -1.78. The van der Waals surface area contributed by atoms with Crippen LogP contribution in [0.25, 0.3) is 0 Å². The molecule has 0 bridgehead atoms. The summed E-state index contributed by atoms with van der Waals surface area (Å²) in [6, 6.07) is 3.63. The molecule has 0 atom stereocenters. The van der Waals surface area contributed by atoms with Gasteiger partial charge in [0.1, 0.15) is 11.3 Å². The van der Waals surface area contributed by atoms with Gasteiger partial charge in [-0.1, -0.05) is 19.3 Å². The van der Waals surface area contributed by atoms with Gasteiger partial charge in [0.15, 0.2) is 0 Å². The van der Waals surface area contributed by atoms with Crippen LogP contribution in [0.4, 0.5) is 0 Å². The van der Waals surface area contributed by atoms with E-state index in [-0.39, 0.29) is 11.9 Å². The summed E-state index contributed by atoms with van der Waals surface area (Å²) >= 11 is 0. The smallest absolute Gasteiger partial charge is 0.331 e. The molecule has 1 N–H and O–H groups in total. The van der Waals surface area contributed by atoms with Gasteiger partial charge in [0.2, 0.25) is 5.91 Å². The number of furan rings is 1. The maximum Gasteiger partial charge on any atom is 0.331 e. The van der Waals surface area contributed by atoms with E-state index < -0.39 is 5.54 Å². The number of methoxy groups -OCH3 is 1. The molecule has 110 valence electrons. The fourth-order valence-corrected chi connectivity index (χ4v) is 2.75. The van der Waals surface area contributed by atoms with Crippen LogP contribution in [0.5, 0.6) is 0 Å². The van der Waals surface area contributed by atoms with Gasteiger partial charge in [-0.25, -0.2) is 4.79 Å². The molecule has 0 spiro atoms. The Morgan fingerprint density at radius 2 is 2.10 bits per heavy atom. The van der Waals surface area contributed by atoms with Gasteiger partial charge in [0.05, 0.1) is 13.4 Å². The van der Waals surface area contributed by atoms with Crippen LogP contribution < -0.4 is 5.32 Å². The number of hydrogen-bond acceptors (Lipinski definition) is 4. The number of carbonyl (C=O) groups excluding carboxylic acids is 2. The van der Waals surface area contributed by atoms with E-state index >= 15 is 0 Å². The summed E-state index contributed by atoms with van der Waals surface area (Å²) < 4.78 is 10.1. The minimum Gasteiger partial charge on any atom is -0.469 e. The van der Waals surface area contributed by atoms with Crippen molar-refractivity contribution in [2.24, 2.45) is 0 Å². The lowest BCUT2D eigenvalue weighted by atomic mass is 9.81. The third kappa shape index (κ3) is 3.40. The molecule has 5 nitrogen and oxygen atoms in total. The molecule has 1 fully saturated rings. The minimum atomic E-state index is -0.826. The molecule has 1 heterocycles. The molecule has 1 aliphatic rings. The lowest BCUT2D eigenvalue weighted by molar-refractivity contribution is -0.152. The van der Waals surface area contributed by atoms with Crippen molar-refractivity contribution in [3.63, 3.8) is 0 Å². The van der Waals surface area contributed by atoms with E-state index in [4.69, 9.17) is 9.15 Å². The van der Waals surface area contributed by atoms with Crippen LogP contribution in [0.2, 0.25) is 0 Å². The van der Waals surface area contributed by atoms with Crippen molar-refractivity contribution in [1.29, 1.82) is 0 Å². The second-order valence-electron chi connectivity index (χ2n) is 5.26. The number of carbonyl (C=O) groups is 2. The zero-order valence-electron chi connectivity index (χ0n) is 11.8. The van der Waals surface area contributed by atoms with Crippen LogP contribution >= 0.6 is 0 Å².